The number of ether oxygens (including phenoxy) is 1. The normalized spacial score (nSPS) is 11.1. The van der Waals surface area contributed by atoms with E-state index in [-0.39, 0.29) is 36.9 Å². The number of halogens is 3. The minimum absolute atomic E-state index is 0.0377. The van der Waals surface area contributed by atoms with Gasteiger partial charge in [-0.15, -0.1) is 0 Å². The van der Waals surface area contributed by atoms with Crippen LogP contribution in [0.25, 0.3) is 0 Å². The molecule has 0 saturated heterocycles. The summed E-state index contributed by atoms with van der Waals surface area (Å²) in [5, 5.41) is 11.4. The summed E-state index contributed by atoms with van der Waals surface area (Å²) in [5.74, 6) is -1.20. The molecule has 2 aromatic rings. The van der Waals surface area contributed by atoms with Crippen LogP contribution in [0.15, 0.2) is 42.6 Å². The Morgan fingerprint density at radius 3 is 2.37 bits per heavy atom. The van der Waals surface area contributed by atoms with E-state index in [0.29, 0.717) is 12.6 Å². The number of aromatic carboxylic acids is 1. The fourth-order valence-electron chi connectivity index (χ4n) is 2.14. The van der Waals surface area contributed by atoms with Crippen LogP contribution in [0.3, 0.4) is 0 Å². The van der Waals surface area contributed by atoms with E-state index in [2.05, 4.69) is 10.3 Å². The van der Waals surface area contributed by atoms with Gasteiger partial charge in [0.05, 0.1) is 17.7 Å². The highest BCUT2D eigenvalue weighted by atomic mass is 19.4. The number of carbonyl (C=O) groups is 2. The highest BCUT2D eigenvalue weighted by Crippen LogP contribution is 2.29. The molecule has 0 unspecified atom stereocenters. The summed E-state index contributed by atoms with van der Waals surface area (Å²) in [6, 6.07) is 8.23. The molecular formula is C18H17F3N2O4. The lowest BCUT2D eigenvalue weighted by molar-refractivity contribution is -0.137. The van der Waals surface area contributed by atoms with Crippen LogP contribution in [0.5, 0.6) is 5.88 Å². The third-order valence-corrected chi connectivity index (χ3v) is 3.58. The number of pyridine rings is 1. The maximum absolute atomic E-state index is 12.4. The standard InChI is InChI=1S/C18H17F3N2O4/c19-18(20,21)14-6-8-16(23-11-14)27-10-9-22-15(24)7-3-12-1-4-13(5-2-12)17(25)26/h1-2,4-6,8,11H,3,7,9-10H2,(H,22,24)(H,25,26). The van der Waals surface area contributed by atoms with Crippen molar-refractivity contribution < 1.29 is 32.6 Å². The van der Waals surface area contributed by atoms with E-state index >= 15 is 0 Å². The molecule has 27 heavy (non-hydrogen) atoms. The molecule has 0 aliphatic heterocycles. The second-order valence-electron chi connectivity index (χ2n) is 5.58. The molecule has 2 rings (SSSR count). The van der Waals surface area contributed by atoms with E-state index in [9.17, 15) is 22.8 Å². The van der Waals surface area contributed by atoms with Crippen molar-refractivity contribution in [2.24, 2.45) is 0 Å². The van der Waals surface area contributed by atoms with Gasteiger partial charge in [0.2, 0.25) is 11.8 Å². The third-order valence-electron chi connectivity index (χ3n) is 3.58. The van der Waals surface area contributed by atoms with Gasteiger partial charge in [0, 0.05) is 18.7 Å². The first-order chi connectivity index (χ1) is 12.8. The number of alkyl halides is 3. The van der Waals surface area contributed by atoms with Crippen LogP contribution >= 0.6 is 0 Å². The van der Waals surface area contributed by atoms with Crippen molar-refractivity contribution in [3.05, 3.63) is 59.3 Å². The molecule has 0 aliphatic carbocycles. The number of benzene rings is 1. The lowest BCUT2D eigenvalue weighted by Crippen LogP contribution is -2.28. The van der Waals surface area contributed by atoms with E-state index in [1.165, 1.54) is 12.1 Å². The van der Waals surface area contributed by atoms with Crippen LogP contribution in [0, 0.1) is 0 Å². The number of nitrogens with one attached hydrogen (secondary N) is 1. The van der Waals surface area contributed by atoms with Crippen molar-refractivity contribution in [1.82, 2.24) is 10.3 Å². The predicted molar refractivity (Wildman–Crippen MR) is 89.5 cm³/mol. The topological polar surface area (TPSA) is 88.5 Å². The van der Waals surface area contributed by atoms with Crippen molar-refractivity contribution in [2.75, 3.05) is 13.2 Å². The molecule has 9 heteroatoms. The lowest BCUT2D eigenvalue weighted by atomic mass is 10.1. The van der Waals surface area contributed by atoms with Crippen LogP contribution in [-0.2, 0) is 17.4 Å². The van der Waals surface area contributed by atoms with Crippen LogP contribution in [0.1, 0.15) is 27.9 Å². The van der Waals surface area contributed by atoms with Gasteiger partial charge in [-0.3, -0.25) is 4.79 Å². The number of aromatic nitrogens is 1. The Labute approximate surface area is 153 Å². The second-order valence-corrected chi connectivity index (χ2v) is 5.58. The average molecular weight is 382 g/mol. The molecule has 0 saturated carbocycles. The monoisotopic (exact) mass is 382 g/mol. The summed E-state index contributed by atoms with van der Waals surface area (Å²) in [6.45, 7) is 0.247. The molecule has 1 aromatic heterocycles. The molecule has 1 heterocycles. The molecule has 0 radical (unpaired) electrons. The smallest absolute Gasteiger partial charge is 0.417 e. The summed E-state index contributed by atoms with van der Waals surface area (Å²) < 4.78 is 42.4. The largest absolute Gasteiger partial charge is 0.478 e. The summed E-state index contributed by atoms with van der Waals surface area (Å²) in [7, 11) is 0. The average Bonchev–Trinajstić information content (AvgIpc) is 2.63. The Balaban J connectivity index is 1.66. The van der Waals surface area contributed by atoms with Gasteiger partial charge in [0.1, 0.15) is 6.61 Å². The van der Waals surface area contributed by atoms with Crippen molar-refractivity contribution in [1.29, 1.82) is 0 Å². The summed E-state index contributed by atoms with van der Waals surface area (Å²) in [6.07, 6.45) is -3.10. The van der Waals surface area contributed by atoms with E-state index in [4.69, 9.17) is 9.84 Å². The van der Waals surface area contributed by atoms with Gasteiger partial charge >= 0.3 is 12.1 Å². The summed E-state index contributed by atoms with van der Waals surface area (Å²) in [5.41, 5.74) is 0.150. The Morgan fingerprint density at radius 2 is 1.81 bits per heavy atom. The van der Waals surface area contributed by atoms with E-state index in [1.807, 2.05) is 0 Å². The molecule has 0 atom stereocenters. The van der Waals surface area contributed by atoms with Gasteiger partial charge < -0.3 is 15.2 Å². The van der Waals surface area contributed by atoms with E-state index in [0.717, 1.165) is 17.7 Å². The number of carboxylic acid groups (broad SMARTS) is 1. The Morgan fingerprint density at radius 1 is 1.11 bits per heavy atom. The number of nitrogens with zero attached hydrogens (tertiary/aromatic N) is 1. The van der Waals surface area contributed by atoms with Gasteiger partial charge in [-0.25, -0.2) is 9.78 Å². The van der Waals surface area contributed by atoms with Crippen LogP contribution in [-0.4, -0.2) is 35.1 Å². The van der Waals surface area contributed by atoms with Crippen molar-refractivity contribution in [2.45, 2.75) is 19.0 Å². The maximum Gasteiger partial charge on any atom is 0.417 e. The number of carboxylic acids is 1. The zero-order chi connectivity index (χ0) is 19.9. The molecular weight excluding hydrogens is 365 g/mol. The van der Waals surface area contributed by atoms with Gasteiger partial charge in [-0.2, -0.15) is 13.2 Å². The van der Waals surface area contributed by atoms with Crippen LogP contribution in [0.4, 0.5) is 13.2 Å². The van der Waals surface area contributed by atoms with Gasteiger partial charge in [0.15, 0.2) is 0 Å². The zero-order valence-electron chi connectivity index (χ0n) is 14.1. The molecule has 1 amide bonds. The van der Waals surface area contributed by atoms with Crippen molar-refractivity contribution in [3.63, 3.8) is 0 Å². The van der Waals surface area contributed by atoms with Crippen molar-refractivity contribution in [3.8, 4) is 5.88 Å². The number of rotatable bonds is 8. The quantitative estimate of drug-likeness (QED) is 0.686. The van der Waals surface area contributed by atoms with Gasteiger partial charge in [0.25, 0.3) is 0 Å². The predicted octanol–water partition coefficient (Wildman–Crippen LogP) is 2.93. The zero-order valence-corrected chi connectivity index (χ0v) is 14.1. The highest BCUT2D eigenvalue weighted by Gasteiger charge is 2.30. The molecule has 1 aromatic carbocycles. The Kier molecular flexibility index (Phi) is 6.75. The molecule has 6 nitrogen and oxygen atoms in total. The number of aryl methyl sites for hydroxylation is 1. The van der Waals surface area contributed by atoms with Gasteiger partial charge in [-0.1, -0.05) is 12.1 Å². The molecule has 2 N–H and O–H groups in total. The number of hydrogen-bond acceptors (Lipinski definition) is 4. The van der Waals surface area contributed by atoms with E-state index < -0.39 is 17.7 Å². The first kappa shape index (κ1) is 20.2. The fraction of sp³-hybridized carbons (Fsp3) is 0.278. The SMILES string of the molecule is O=C(CCc1ccc(C(=O)O)cc1)NCCOc1ccc(C(F)(F)F)cn1. The van der Waals surface area contributed by atoms with Crippen molar-refractivity contribution >= 4 is 11.9 Å². The van der Waals surface area contributed by atoms with Crippen LogP contribution < -0.4 is 10.1 Å². The van der Waals surface area contributed by atoms with Gasteiger partial charge in [-0.05, 0) is 30.2 Å². The molecule has 0 bridgehead atoms. The Hall–Kier alpha value is -3.10. The summed E-state index contributed by atoms with van der Waals surface area (Å²) >= 11 is 0. The molecule has 0 spiro atoms. The van der Waals surface area contributed by atoms with Crippen LogP contribution in [0.2, 0.25) is 0 Å². The third kappa shape index (κ3) is 6.61. The summed E-state index contributed by atoms with van der Waals surface area (Å²) in [4.78, 5) is 26.1. The Bertz CT molecular complexity index is 775. The molecule has 144 valence electrons. The molecule has 0 fully saturated rings. The minimum atomic E-state index is -4.45. The lowest BCUT2D eigenvalue weighted by Gasteiger charge is -2.09. The number of carbonyl (C=O) groups excluding carboxylic acids is 1. The minimum Gasteiger partial charge on any atom is -0.478 e. The first-order valence-corrected chi connectivity index (χ1v) is 8.00. The number of amides is 1. The number of hydrogen-bond donors (Lipinski definition) is 2. The van der Waals surface area contributed by atoms with E-state index in [1.54, 1.807) is 12.1 Å². The first-order valence-electron chi connectivity index (χ1n) is 8.00. The molecule has 0 aliphatic rings. The fourth-order valence-corrected chi connectivity index (χ4v) is 2.14. The highest BCUT2D eigenvalue weighted by molar-refractivity contribution is 5.87. The second kappa shape index (κ2) is 9.02. The maximum atomic E-state index is 12.4.